The summed E-state index contributed by atoms with van der Waals surface area (Å²) in [7, 11) is 0. The van der Waals surface area contributed by atoms with Crippen LogP contribution in [0, 0.1) is 12.8 Å². The Morgan fingerprint density at radius 2 is 2.25 bits per heavy atom. The summed E-state index contributed by atoms with van der Waals surface area (Å²) in [6, 6.07) is 0. The van der Waals surface area contributed by atoms with Crippen molar-refractivity contribution in [3.8, 4) is 0 Å². The van der Waals surface area contributed by atoms with Gasteiger partial charge in [0.15, 0.2) is 0 Å². The zero-order valence-corrected chi connectivity index (χ0v) is 9.12. The Kier molecular flexibility index (Phi) is 2.77. The molecule has 0 amide bonds. The molecule has 0 bridgehead atoms. The van der Waals surface area contributed by atoms with E-state index in [1.54, 1.807) is 6.92 Å². The summed E-state index contributed by atoms with van der Waals surface area (Å²) >= 11 is 0. The monoisotopic (exact) mass is 222 g/mol. The number of carboxylic acids is 1. The van der Waals surface area contributed by atoms with Crippen LogP contribution in [0.25, 0.3) is 0 Å². The number of aromatic amines is 1. The molecule has 5 heteroatoms. The Morgan fingerprint density at radius 1 is 1.56 bits per heavy atom. The second kappa shape index (κ2) is 4.08. The third-order valence-electron chi connectivity index (χ3n) is 2.78. The highest BCUT2D eigenvalue weighted by Crippen LogP contribution is 2.31. The lowest BCUT2D eigenvalue weighted by Crippen LogP contribution is -2.21. The van der Waals surface area contributed by atoms with Gasteiger partial charge in [0.1, 0.15) is 5.82 Å². The van der Waals surface area contributed by atoms with Crippen molar-refractivity contribution in [2.75, 3.05) is 0 Å². The highest BCUT2D eigenvalue weighted by molar-refractivity contribution is 5.70. The van der Waals surface area contributed by atoms with E-state index in [1.807, 2.05) is 0 Å². The maximum Gasteiger partial charge on any atom is 0.308 e. The molecule has 2 N–H and O–H groups in total. The van der Waals surface area contributed by atoms with E-state index in [4.69, 9.17) is 5.11 Å². The molecule has 16 heavy (non-hydrogen) atoms. The Morgan fingerprint density at radius 3 is 2.75 bits per heavy atom. The van der Waals surface area contributed by atoms with E-state index >= 15 is 0 Å². The number of aromatic nitrogens is 2. The largest absolute Gasteiger partial charge is 0.481 e. The molecule has 0 spiro atoms. The Bertz CT molecular complexity index is 475. The molecule has 1 heterocycles. The predicted octanol–water partition coefficient (Wildman–Crippen LogP) is 0.658. The molecule has 1 aliphatic carbocycles. The highest BCUT2D eigenvalue weighted by atomic mass is 16.4. The van der Waals surface area contributed by atoms with E-state index in [0.29, 0.717) is 17.4 Å². The molecule has 1 aromatic rings. The van der Waals surface area contributed by atoms with Gasteiger partial charge < -0.3 is 10.1 Å². The number of nitrogens with zero attached hydrogens (tertiary/aromatic N) is 1. The summed E-state index contributed by atoms with van der Waals surface area (Å²) in [5, 5.41) is 8.66. The van der Waals surface area contributed by atoms with Gasteiger partial charge in [0.05, 0.1) is 6.42 Å². The molecule has 0 radical (unpaired) electrons. The van der Waals surface area contributed by atoms with Gasteiger partial charge in [0, 0.05) is 17.7 Å². The van der Waals surface area contributed by atoms with E-state index in [1.165, 1.54) is 12.8 Å². The number of aliphatic carboxylic acids is 1. The zero-order valence-electron chi connectivity index (χ0n) is 9.12. The highest BCUT2D eigenvalue weighted by Gasteiger charge is 2.23. The van der Waals surface area contributed by atoms with Gasteiger partial charge in [-0.05, 0) is 25.7 Å². The van der Waals surface area contributed by atoms with E-state index in [9.17, 15) is 9.59 Å². The normalized spacial score (nSPS) is 15.1. The van der Waals surface area contributed by atoms with Crippen molar-refractivity contribution in [1.82, 2.24) is 9.97 Å². The fourth-order valence-electron chi connectivity index (χ4n) is 1.72. The molecule has 5 nitrogen and oxygen atoms in total. The molecule has 0 aromatic carbocycles. The van der Waals surface area contributed by atoms with Crippen molar-refractivity contribution in [1.29, 1.82) is 0 Å². The first-order chi connectivity index (χ1) is 7.56. The number of nitrogens with one attached hydrogen (secondary N) is 1. The molecule has 1 saturated carbocycles. The van der Waals surface area contributed by atoms with Crippen LogP contribution in [0.4, 0.5) is 0 Å². The SMILES string of the molecule is Cc1nc(CC2CC2)[nH]c(=O)c1CC(=O)O. The summed E-state index contributed by atoms with van der Waals surface area (Å²) in [4.78, 5) is 29.1. The third kappa shape index (κ3) is 2.48. The molecule has 1 aliphatic rings. The summed E-state index contributed by atoms with van der Waals surface area (Å²) in [6.45, 7) is 1.68. The maximum atomic E-state index is 11.6. The van der Waals surface area contributed by atoms with Gasteiger partial charge in [-0.3, -0.25) is 9.59 Å². The van der Waals surface area contributed by atoms with Gasteiger partial charge >= 0.3 is 5.97 Å². The molecule has 1 aromatic heterocycles. The number of hydrogen-bond donors (Lipinski definition) is 2. The fourth-order valence-corrected chi connectivity index (χ4v) is 1.72. The molecule has 0 saturated heterocycles. The number of carboxylic acid groups (broad SMARTS) is 1. The minimum Gasteiger partial charge on any atom is -0.481 e. The average molecular weight is 222 g/mol. The first kappa shape index (κ1) is 10.9. The van der Waals surface area contributed by atoms with Crippen LogP contribution in [0.5, 0.6) is 0 Å². The van der Waals surface area contributed by atoms with E-state index < -0.39 is 5.97 Å². The molecule has 0 aliphatic heterocycles. The number of rotatable bonds is 4. The van der Waals surface area contributed by atoms with Gasteiger partial charge in [0.2, 0.25) is 0 Å². The van der Waals surface area contributed by atoms with E-state index in [-0.39, 0.29) is 17.5 Å². The average Bonchev–Trinajstić information content (AvgIpc) is 2.95. The van der Waals surface area contributed by atoms with Gasteiger partial charge in [-0.1, -0.05) is 0 Å². The molecule has 1 fully saturated rings. The van der Waals surface area contributed by atoms with Crippen molar-refractivity contribution in [3.05, 3.63) is 27.4 Å². The van der Waals surface area contributed by atoms with Crippen LogP contribution in [0.2, 0.25) is 0 Å². The summed E-state index contributed by atoms with van der Waals surface area (Å²) in [5.74, 6) is 0.317. The van der Waals surface area contributed by atoms with Crippen LogP contribution in [0.3, 0.4) is 0 Å². The van der Waals surface area contributed by atoms with Gasteiger partial charge in [-0.2, -0.15) is 0 Å². The number of hydrogen-bond acceptors (Lipinski definition) is 3. The van der Waals surface area contributed by atoms with Crippen molar-refractivity contribution >= 4 is 5.97 Å². The molecule has 0 atom stereocenters. The Labute approximate surface area is 92.5 Å². The number of carbonyl (C=O) groups is 1. The summed E-state index contributed by atoms with van der Waals surface area (Å²) in [6.07, 6.45) is 2.92. The third-order valence-corrected chi connectivity index (χ3v) is 2.78. The van der Waals surface area contributed by atoms with Gasteiger partial charge in [-0.25, -0.2) is 4.98 Å². The van der Waals surface area contributed by atoms with Crippen molar-refractivity contribution in [2.45, 2.75) is 32.6 Å². The minimum atomic E-state index is -1.01. The van der Waals surface area contributed by atoms with Gasteiger partial charge in [-0.15, -0.1) is 0 Å². The summed E-state index contributed by atoms with van der Waals surface area (Å²) < 4.78 is 0. The standard InChI is InChI=1S/C11H14N2O3/c1-6-8(5-10(14)15)11(16)13-9(12-6)4-7-2-3-7/h7H,2-5H2,1H3,(H,14,15)(H,12,13,16). The van der Waals surface area contributed by atoms with Crippen LogP contribution >= 0.6 is 0 Å². The lowest BCUT2D eigenvalue weighted by Gasteiger charge is -2.04. The van der Waals surface area contributed by atoms with E-state index in [0.717, 1.165) is 6.42 Å². The molecular formula is C11H14N2O3. The lowest BCUT2D eigenvalue weighted by molar-refractivity contribution is -0.136. The second-order valence-electron chi connectivity index (χ2n) is 4.29. The predicted molar refractivity (Wildman–Crippen MR) is 57.4 cm³/mol. The smallest absolute Gasteiger partial charge is 0.308 e. The van der Waals surface area contributed by atoms with Crippen LogP contribution in [0.15, 0.2) is 4.79 Å². The molecule has 0 unspecified atom stereocenters. The van der Waals surface area contributed by atoms with Crippen molar-refractivity contribution in [2.24, 2.45) is 5.92 Å². The minimum absolute atomic E-state index is 0.257. The lowest BCUT2D eigenvalue weighted by atomic mass is 10.1. The quantitative estimate of drug-likeness (QED) is 0.783. The van der Waals surface area contributed by atoms with E-state index in [2.05, 4.69) is 9.97 Å². The first-order valence-electron chi connectivity index (χ1n) is 5.36. The second-order valence-corrected chi connectivity index (χ2v) is 4.29. The van der Waals surface area contributed by atoms with Crippen LogP contribution < -0.4 is 5.56 Å². The zero-order chi connectivity index (χ0) is 11.7. The topological polar surface area (TPSA) is 83.0 Å². The van der Waals surface area contributed by atoms with Crippen LogP contribution in [-0.4, -0.2) is 21.0 Å². The Hall–Kier alpha value is -1.65. The first-order valence-corrected chi connectivity index (χ1v) is 5.36. The fraction of sp³-hybridized carbons (Fsp3) is 0.545. The van der Waals surface area contributed by atoms with Crippen LogP contribution in [-0.2, 0) is 17.6 Å². The van der Waals surface area contributed by atoms with Crippen molar-refractivity contribution < 1.29 is 9.90 Å². The number of aryl methyl sites for hydroxylation is 1. The summed E-state index contributed by atoms with van der Waals surface area (Å²) in [5.41, 5.74) is 0.472. The Balaban J connectivity index is 2.26. The van der Waals surface area contributed by atoms with Gasteiger partial charge in [0.25, 0.3) is 5.56 Å². The molecule has 86 valence electrons. The molecule has 2 rings (SSSR count). The number of H-pyrrole nitrogens is 1. The molecular weight excluding hydrogens is 208 g/mol. The van der Waals surface area contributed by atoms with Crippen LogP contribution in [0.1, 0.15) is 29.9 Å². The van der Waals surface area contributed by atoms with Crippen molar-refractivity contribution in [3.63, 3.8) is 0 Å². The maximum absolute atomic E-state index is 11.6.